The molecule has 0 atom stereocenters. The van der Waals surface area contributed by atoms with Crippen molar-refractivity contribution in [3.8, 4) is 6.07 Å². The van der Waals surface area contributed by atoms with Crippen molar-refractivity contribution in [2.24, 2.45) is 0 Å². The summed E-state index contributed by atoms with van der Waals surface area (Å²) in [7, 11) is 0. The molecular formula is C9H5FN2S. The van der Waals surface area contributed by atoms with E-state index in [9.17, 15) is 4.39 Å². The van der Waals surface area contributed by atoms with E-state index in [1.54, 1.807) is 11.4 Å². The molecule has 0 unspecified atom stereocenters. The van der Waals surface area contributed by atoms with Crippen molar-refractivity contribution < 1.29 is 4.39 Å². The third kappa shape index (κ3) is 1.14. The van der Waals surface area contributed by atoms with Gasteiger partial charge in [0.15, 0.2) is 0 Å². The molecule has 0 saturated heterocycles. The van der Waals surface area contributed by atoms with Crippen LogP contribution in [0.25, 0.3) is 10.1 Å². The van der Waals surface area contributed by atoms with Crippen LogP contribution in [0.3, 0.4) is 0 Å². The maximum Gasteiger partial charge on any atom is 0.142 e. The number of fused-ring (bicyclic) bond motifs is 1. The van der Waals surface area contributed by atoms with Gasteiger partial charge in [-0.3, -0.25) is 0 Å². The average molecular weight is 192 g/mol. The van der Waals surface area contributed by atoms with Gasteiger partial charge in [-0.1, -0.05) is 0 Å². The number of benzene rings is 1. The molecule has 0 fully saturated rings. The van der Waals surface area contributed by atoms with Crippen molar-refractivity contribution in [1.82, 2.24) is 0 Å². The second kappa shape index (κ2) is 2.71. The Hall–Kier alpha value is -1.60. The Morgan fingerprint density at radius 2 is 2.23 bits per heavy atom. The highest BCUT2D eigenvalue weighted by Gasteiger charge is 2.07. The number of thiophene rings is 1. The Bertz CT molecular complexity index is 510. The SMILES string of the molecule is N#Cc1cc2c(N)csc2cc1F. The normalized spacial score (nSPS) is 10.2. The highest BCUT2D eigenvalue weighted by atomic mass is 32.1. The summed E-state index contributed by atoms with van der Waals surface area (Å²) in [6.45, 7) is 0. The number of anilines is 1. The number of nitrogen functional groups attached to an aromatic ring is 1. The smallest absolute Gasteiger partial charge is 0.142 e. The summed E-state index contributed by atoms with van der Waals surface area (Å²) in [6, 6.07) is 4.60. The largest absolute Gasteiger partial charge is 0.398 e. The second-order valence-corrected chi connectivity index (χ2v) is 3.54. The molecule has 2 nitrogen and oxygen atoms in total. The molecule has 0 saturated carbocycles. The molecular weight excluding hydrogens is 187 g/mol. The van der Waals surface area contributed by atoms with Crippen molar-refractivity contribution >= 4 is 27.1 Å². The first-order valence-corrected chi connectivity index (χ1v) is 4.46. The number of nitriles is 1. The van der Waals surface area contributed by atoms with E-state index in [1.165, 1.54) is 23.5 Å². The minimum absolute atomic E-state index is 0.0394. The predicted molar refractivity (Wildman–Crippen MR) is 50.9 cm³/mol. The van der Waals surface area contributed by atoms with Crippen LogP contribution in [-0.2, 0) is 0 Å². The second-order valence-electron chi connectivity index (χ2n) is 2.63. The van der Waals surface area contributed by atoms with Gasteiger partial charge >= 0.3 is 0 Å². The van der Waals surface area contributed by atoms with Crippen LogP contribution in [0.4, 0.5) is 10.1 Å². The lowest BCUT2D eigenvalue weighted by atomic mass is 10.1. The number of nitrogens with two attached hydrogens (primary N) is 1. The lowest BCUT2D eigenvalue weighted by molar-refractivity contribution is 0.626. The lowest BCUT2D eigenvalue weighted by Crippen LogP contribution is -1.85. The highest BCUT2D eigenvalue weighted by Crippen LogP contribution is 2.29. The van der Waals surface area contributed by atoms with Crippen LogP contribution in [0.1, 0.15) is 5.56 Å². The average Bonchev–Trinajstić information content (AvgIpc) is 2.46. The minimum Gasteiger partial charge on any atom is -0.398 e. The number of halogens is 1. The van der Waals surface area contributed by atoms with E-state index in [0.29, 0.717) is 5.69 Å². The van der Waals surface area contributed by atoms with E-state index in [0.717, 1.165) is 10.1 Å². The van der Waals surface area contributed by atoms with Crippen molar-refractivity contribution in [2.75, 3.05) is 5.73 Å². The van der Waals surface area contributed by atoms with Crippen molar-refractivity contribution in [2.45, 2.75) is 0 Å². The molecule has 2 aromatic rings. The summed E-state index contributed by atoms with van der Waals surface area (Å²) < 4.78 is 13.8. The van der Waals surface area contributed by atoms with Crippen molar-refractivity contribution in [3.63, 3.8) is 0 Å². The highest BCUT2D eigenvalue weighted by molar-refractivity contribution is 7.17. The standard InChI is InChI=1S/C9H5FN2S/c10-7-2-9-6(1-5(7)3-11)8(12)4-13-9/h1-2,4H,12H2. The maximum absolute atomic E-state index is 13.1. The summed E-state index contributed by atoms with van der Waals surface area (Å²) in [5, 5.41) is 11.1. The fourth-order valence-electron chi connectivity index (χ4n) is 1.15. The predicted octanol–water partition coefficient (Wildman–Crippen LogP) is 2.49. The molecule has 1 aromatic heterocycles. The molecule has 0 aliphatic heterocycles. The van der Waals surface area contributed by atoms with E-state index in [-0.39, 0.29) is 5.56 Å². The van der Waals surface area contributed by atoms with Gasteiger partial charge in [-0.25, -0.2) is 4.39 Å². The molecule has 1 heterocycles. The van der Waals surface area contributed by atoms with Crippen LogP contribution >= 0.6 is 11.3 Å². The van der Waals surface area contributed by atoms with Crippen LogP contribution in [0.2, 0.25) is 0 Å². The van der Waals surface area contributed by atoms with Crippen LogP contribution < -0.4 is 5.73 Å². The quantitative estimate of drug-likeness (QED) is 0.697. The van der Waals surface area contributed by atoms with Crippen LogP contribution in [0.15, 0.2) is 17.5 Å². The fraction of sp³-hybridized carbons (Fsp3) is 0. The molecule has 0 radical (unpaired) electrons. The van der Waals surface area contributed by atoms with Gasteiger partial charge in [0.05, 0.1) is 11.3 Å². The Balaban J connectivity index is 2.86. The van der Waals surface area contributed by atoms with Gasteiger partial charge in [-0.2, -0.15) is 5.26 Å². The first-order valence-electron chi connectivity index (χ1n) is 3.58. The number of rotatable bonds is 0. The zero-order chi connectivity index (χ0) is 9.42. The van der Waals surface area contributed by atoms with Gasteiger partial charge in [0.25, 0.3) is 0 Å². The lowest BCUT2D eigenvalue weighted by Gasteiger charge is -1.94. The minimum atomic E-state index is -0.489. The van der Waals surface area contributed by atoms with Gasteiger partial charge in [0.2, 0.25) is 0 Å². The summed E-state index contributed by atoms with van der Waals surface area (Å²) >= 11 is 1.37. The molecule has 0 amide bonds. The van der Waals surface area contributed by atoms with Crippen molar-refractivity contribution in [1.29, 1.82) is 5.26 Å². The monoisotopic (exact) mass is 192 g/mol. The van der Waals surface area contributed by atoms with E-state index >= 15 is 0 Å². The maximum atomic E-state index is 13.1. The van der Waals surface area contributed by atoms with Gasteiger partial charge in [0, 0.05) is 15.5 Å². The molecule has 1 aromatic carbocycles. The number of hydrogen-bond donors (Lipinski definition) is 1. The van der Waals surface area contributed by atoms with Crippen LogP contribution in [0.5, 0.6) is 0 Å². The van der Waals surface area contributed by atoms with Gasteiger partial charge in [0.1, 0.15) is 11.9 Å². The van der Waals surface area contributed by atoms with Crippen LogP contribution in [0, 0.1) is 17.1 Å². The molecule has 64 valence electrons. The van der Waals surface area contributed by atoms with Gasteiger partial charge < -0.3 is 5.73 Å². The summed E-state index contributed by atoms with van der Waals surface area (Å²) in [5.41, 5.74) is 6.26. The first-order chi connectivity index (χ1) is 6.22. The van der Waals surface area contributed by atoms with Crippen LogP contribution in [-0.4, -0.2) is 0 Å². The topological polar surface area (TPSA) is 49.8 Å². The molecule has 0 aliphatic rings. The molecule has 2 N–H and O–H groups in total. The zero-order valence-electron chi connectivity index (χ0n) is 6.54. The fourth-order valence-corrected chi connectivity index (χ4v) is 2.01. The molecule has 0 spiro atoms. The molecule has 0 bridgehead atoms. The number of nitrogens with zero attached hydrogens (tertiary/aromatic N) is 1. The van der Waals surface area contributed by atoms with E-state index < -0.39 is 5.82 Å². The zero-order valence-corrected chi connectivity index (χ0v) is 7.36. The first kappa shape index (κ1) is 8.02. The third-order valence-electron chi connectivity index (χ3n) is 1.81. The number of hydrogen-bond acceptors (Lipinski definition) is 3. The molecule has 4 heteroatoms. The Morgan fingerprint density at radius 1 is 1.46 bits per heavy atom. The Kier molecular flexibility index (Phi) is 1.67. The molecule has 0 aliphatic carbocycles. The van der Waals surface area contributed by atoms with Gasteiger partial charge in [-0.15, -0.1) is 11.3 Å². The van der Waals surface area contributed by atoms with Gasteiger partial charge in [-0.05, 0) is 12.1 Å². The molecule has 2 rings (SSSR count). The van der Waals surface area contributed by atoms with E-state index in [4.69, 9.17) is 11.0 Å². The van der Waals surface area contributed by atoms with Crippen molar-refractivity contribution in [3.05, 3.63) is 28.9 Å². The van der Waals surface area contributed by atoms with E-state index in [2.05, 4.69) is 0 Å². The summed E-state index contributed by atoms with van der Waals surface area (Å²) in [5.74, 6) is -0.489. The molecule has 13 heavy (non-hydrogen) atoms. The summed E-state index contributed by atoms with van der Waals surface area (Å²) in [4.78, 5) is 0. The third-order valence-corrected chi connectivity index (χ3v) is 2.78. The van der Waals surface area contributed by atoms with E-state index in [1.807, 2.05) is 0 Å². The Morgan fingerprint density at radius 3 is 2.92 bits per heavy atom. The Labute approximate surface area is 78.0 Å². The summed E-state index contributed by atoms with van der Waals surface area (Å²) in [6.07, 6.45) is 0.